The SMILES string of the molecule is CCOc1ccc(S(=O)(=O)NCC2CCSC2)cc1CO. The average molecular weight is 331 g/mol. The summed E-state index contributed by atoms with van der Waals surface area (Å²) in [6, 6.07) is 4.57. The van der Waals surface area contributed by atoms with Crippen LogP contribution in [0.2, 0.25) is 0 Å². The summed E-state index contributed by atoms with van der Waals surface area (Å²) in [6.07, 6.45) is 1.05. The lowest BCUT2D eigenvalue weighted by Gasteiger charge is -2.13. The first-order chi connectivity index (χ1) is 10.1. The van der Waals surface area contributed by atoms with Crippen LogP contribution in [0.4, 0.5) is 0 Å². The largest absolute Gasteiger partial charge is 0.494 e. The van der Waals surface area contributed by atoms with E-state index in [0.717, 1.165) is 17.9 Å². The molecule has 0 amide bonds. The number of sulfonamides is 1. The number of hydrogen-bond donors (Lipinski definition) is 2. The second-order valence-electron chi connectivity index (χ2n) is 4.94. The first-order valence-electron chi connectivity index (χ1n) is 7.00. The summed E-state index contributed by atoms with van der Waals surface area (Å²) < 4.78 is 32.6. The number of aliphatic hydroxyl groups is 1. The number of aliphatic hydroxyl groups excluding tert-OH is 1. The number of nitrogens with one attached hydrogen (secondary N) is 1. The van der Waals surface area contributed by atoms with E-state index >= 15 is 0 Å². The van der Waals surface area contributed by atoms with Crippen LogP contribution in [0.5, 0.6) is 5.75 Å². The highest BCUT2D eigenvalue weighted by atomic mass is 32.2. The summed E-state index contributed by atoms with van der Waals surface area (Å²) in [4.78, 5) is 0.167. The predicted molar refractivity (Wildman–Crippen MR) is 84.2 cm³/mol. The molecule has 7 heteroatoms. The maximum absolute atomic E-state index is 12.3. The minimum absolute atomic E-state index is 0.167. The van der Waals surface area contributed by atoms with Crippen molar-refractivity contribution in [3.63, 3.8) is 0 Å². The van der Waals surface area contributed by atoms with E-state index in [2.05, 4.69) is 4.72 Å². The zero-order chi connectivity index (χ0) is 15.3. The molecule has 21 heavy (non-hydrogen) atoms. The third-order valence-electron chi connectivity index (χ3n) is 3.40. The average Bonchev–Trinajstić information content (AvgIpc) is 2.99. The Balaban J connectivity index is 2.11. The molecule has 0 bridgehead atoms. The van der Waals surface area contributed by atoms with Crippen molar-refractivity contribution in [1.29, 1.82) is 0 Å². The van der Waals surface area contributed by atoms with Crippen LogP contribution in [0.3, 0.4) is 0 Å². The summed E-state index contributed by atoms with van der Waals surface area (Å²) in [5.74, 6) is 3.04. The van der Waals surface area contributed by atoms with E-state index in [-0.39, 0.29) is 11.5 Å². The molecule has 1 saturated heterocycles. The zero-order valence-electron chi connectivity index (χ0n) is 12.0. The van der Waals surface area contributed by atoms with Gasteiger partial charge in [-0.1, -0.05) is 0 Å². The Labute approximate surface area is 130 Å². The third-order valence-corrected chi connectivity index (χ3v) is 6.05. The van der Waals surface area contributed by atoms with E-state index in [1.165, 1.54) is 12.1 Å². The van der Waals surface area contributed by atoms with Gasteiger partial charge in [0.05, 0.1) is 18.1 Å². The third kappa shape index (κ3) is 4.35. The topological polar surface area (TPSA) is 75.6 Å². The predicted octanol–water partition coefficient (Wildman–Crippen LogP) is 1.61. The standard InChI is InChI=1S/C14H21NO4S2/c1-2-19-14-4-3-13(7-12(14)9-16)21(17,18)15-8-11-5-6-20-10-11/h3-4,7,11,15-16H,2,5-6,8-10H2,1H3. The molecule has 0 aliphatic carbocycles. The molecule has 1 aromatic carbocycles. The molecule has 2 rings (SSSR count). The van der Waals surface area contributed by atoms with Crippen LogP contribution < -0.4 is 9.46 Å². The smallest absolute Gasteiger partial charge is 0.240 e. The molecule has 1 aromatic rings. The van der Waals surface area contributed by atoms with Gasteiger partial charge >= 0.3 is 0 Å². The molecule has 0 aromatic heterocycles. The van der Waals surface area contributed by atoms with Crippen molar-refractivity contribution in [2.75, 3.05) is 24.7 Å². The Morgan fingerprint density at radius 2 is 2.29 bits per heavy atom. The van der Waals surface area contributed by atoms with Gasteiger partial charge in [0.1, 0.15) is 5.75 Å². The van der Waals surface area contributed by atoms with E-state index < -0.39 is 10.0 Å². The van der Waals surface area contributed by atoms with E-state index in [1.807, 2.05) is 18.7 Å². The van der Waals surface area contributed by atoms with Crippen molar-refractivity contribution in [1.82, 2.24) is 4.72 Å². The Hall–Kier alpha value is -0.760. The van der Waals surface area contributed by atoms with E-state index in [4.69, 9.17) is 4.74 Å². The summed E-state index contributed by atoms with van der Waals surface area (Å²) in [6.45, 7) is 2.53. The van der Waals surface area contributed by atoms with Gasteiger partial charge in [0.25, 0.3) is 0 Å². The highest BCUT2D eigenvalue weighted by Crippen LogP contribution is 2.25. The maximum atomic E-state index is 12.3. The molecule has 0 saturated carbocycles. The summed E-state index contributed by atoms with van der Waals surface area (Å²) in [5.41, 5.74) is 0.483. The van der Waals surface area contributed by atoms with Crippen LogP contribution in [-0.4, -0.2) is 38.2 Å². The molecule has 118 valence electrons. The molecule has 0 spiro atoms. The molecule has 1 atom stereocenters. The van der Waals surface area contributed by atoms with E-state index in [1.54, 1.807) is 6.07 Å². The molecule has 2 N–H and O–H groups in total. The summed E-state index contributed by atoms with van der Waals surface area (Å²) in [5, 5.41) is 9.34. The molecule has 0 radical (unpaired) electrons. The molecule has 1 aliphatic rings. The molecular formula is C14H21NO4S2. The van der Waals surface area contributed by atoms with Gasteiger partial charge in [0, 0.05) is 12.1 Å². The normalized spacial score (nSPS) is 18.9. The molecule has 1 heterocycles. The van der Waals surface area contributed by atoms with Crippen LogP contribution in [-0.2, 0) is 16.6 Å². The Kier molecular flexibility index (Phi) is 5.92. The first kappa shape index (κ1) is 16.6. The fourth-order valence-electron chi connectivity index (χ4n) is 2.20. The van der Waals surface area contributed by atoms with Gasteiger partial charge in [-0.05, 0) is 49.0 Å². The van der Waals surface area contributed by atoms with Gasteiger partial charge < -0.3 is 9.84 Å². The van der Waals surface area contributed by atoms with Crippen molar-refractivity contribution >= 4 is 21.8 Å². The molecule has 1 aliphatic heterocycles. The fourth-order valence-corrected chi connectivity index (χ4v) is 4.65. The second-order valence-corrected chi connectivity index (χ2v) is 7.86. The van der Waals surface area contributed by atoms with E-state index in [0.29, 0.717) is 30.4 Å². The fraction of sp³-hybridized carbons (Fsp3) is 0.571. The summed E-state index contributed by atoms with van der Waals surface area (Å²) in [7, 11) is -3.54. The Bertz CT molecular complexity index is 568. The molecular weight excluding hydrogens is 310 g/mol. The van der Waals surface area contributed by atoms with Crippen molar-refractivity contribution < 1.29 is 18.3 Å². The minimum atomic E-state index is -3.54. The lowest BCUT2D eigenvalue weighted by Crippen LogP contribution is -2.29. The monoisotopic (exact) mass is 331 g/mol. The zero-order valence-corrected chi connectivity index (χ0v) is 13.7. The van der Waals surface area contributed by atoms with Gasteiger partial charge in [0.15, 0.2) is 0 Å². The highest BCUT2D eigenvalue weighted by Gasteiger charge is 2.21. The van der Waals surface area contributed by atoms with Crippen LogP contribution in [0.1, 0.15) is 18.9 Å². The number of hydrogen-bond acceptors (Lipinski definition) is 5. The second kappa shape index (κ2) is 7.49. The van der Waals surface area contributed by atoms with Gasteiger partial charge in [-0.25, -0.2) is 13.1 Å². The molecule has 5 nitrogen and oxygen atoms in total. The van der Waals surface area contributed by atoms with E-state index in [9.17, 15) is 13.5 Å². The van der Waals surface area contributed by atoms with Crippen molar-refractivity contribution in [3.8, 4) is 5.75 Å². The number of benzene rings is 1. The van der Waals surface area contributed by atoms with Crippen molar-refractivity contribution in [2.24, 2.45) is 5.92 Å². The van der Waals surface area contributed by atoms with Gasteiger partial charge in [0.2, 0.25) is 10.0 Å². The quantitative estimate of drug-likeness (QED) is 0.794. The van der Waals surface area contributed by atoms with Crippen LogP contribution >= 0.6 is 11.8 Å². The van der Waals surface area contributed by atoms with Crippen molar-refractivity contribution in [2.45, 2.75) is 24.8 Å². The van der Waals surface area contributed by atoms with Gasteiger partial charge in [-0.3, -0.25) is 0 Å². The number of thioether (sulfide) groups is 1. The Morgan fingerprint density at radius 1 is 1.48 bits per heavy atom. The molecule has 1 fully saturated rings. The molecule has 1 unspecified atom stereocenters. The maximum Gasteiger partial charge on any atom is 0.240 e. The van der Waals surface area contributed by atoms with Crippen molar-refractivity contribution in [3.05, 3.63) is 23.8 Å². The number of rotatable bonds is 7. The number of ether oxygens (including phenoxy) is 1. The lowest BCUT2D eigenvalue weighted by molar-refractivity contribution is 0.266. The lowest BCUT2D eigenvalue weighted by atomic mass is 10.1. The van der Waals surface area contributed by atoms with Gasteiger partial charge in [-0.15, -0.1) is 0 Å². The first-order valence-corrected chi connectivity index (χ1v) is 9.64. The summed E-state index contributed by atoms with van der Waals surface area (Å²) >= 11 is 1.86. The Morgan fingerprint density at radius 3 is 2.90 bits per heavy atom. The van der Waals surface area contributed by atoms with Crippen LogP contribution in [0.25, 0.3) is 0 Å². The van der Waals surface area contributed by atoms with Crippen LogP contribution in [0, 0.1) is 5.92 Å². The highest BCUT2D eigenvalue weighted by molar-refractivity contribution is 7.99. The van der Waals surface area contributed by atoms with Crippen LogP contribution in [0.15, 0.2) is 23.1 Å². The minimum Gasteiger partial charge on any atom is -0.494 e. The van der Waals surface area contributed by atoms with Gasteiger partial charge in [-0.2, -0.15) is 11.8 Å².